The number of fused-ring (bicyclic) bond motifs is 3. The minimum absolute atomic E-state index is 0.0300. The first-order valence-electron chi connectivity index (χ1n) is 8.65. The van der Waals surface area contributed by atoms with Gasteiger partial charge in [-0.15, -0.1) is 0 Å². The number of ether oxygens (including phenoxy) is 2. The molecule has 7 nitrogen and oxygen atoms in total. The fourth-order valence-electron chi connectivity index (χ4n) is 3.22. The Kier molecular flexibility index (Phi) is 5.74. The molecule has 2 amide bonds. The molecular formula is C21H19NO6. The van der Waals surface area contributed by atoms with Crippen LogP contribution in [0.3, 0.4) is 0 Å². The first-order chi connectivity index (χ1) is 13.5. The second-order valence-electron chi connectivity index (χ2n) is 6.15. The molecule has 144 valence electrons. The standard InChI is InChI=1S/C21H19NO6/c1-2-11-27-20(25)22(12-19(23)24)21(26)28-13-18-16-9-5-3-7-14(16)15-8-4-6-10-17(15)18/h2-10,18H,1,11-13H2,(H,23,24). The van der Waals surface area contributed by atoms with Gasteiger partial charge in [0.25, 0.3) is 0 Å². The van der Waals surface area contributed by atoms with Crippen LogP contribution in [0.15, 0.2) is 61.2 Å². The molecule has 7 heteroatoms. The van der Waals surface area contributed by atoms with Crippen LogP contribution in [0, 0.1) is 0 Å². The molecular weight excluding hydrogens is 362 g/mol. The van der Waals surface area contributed by atoms with E-state index in [1.165, 1.54) is 6.08 Å². The lowest BCUT2D eigenvalue weighted by Crippen LogP contribution is -2.41. The zero-order chi connectivity index (χ0) is 20.1. The third-order valence-corrected chi connectivity index (χ3v) is 4.39. The molecule has 0 fully saturated rings. The van der Waals surface area contributed by atoms with Crippen molar-refractivity contribution in [2.75, 3.05) is 19.8 Å². The van der Waals surface area contributed by atoms with Gasteiger partial charge < -0.3 is 14.6 Å². The average Bonchev–Trinajstić information content (AvgIpc) is 3.02. The molecule has 0 aromatic heterocycles. The molecule has 3 rings (SSSR count). The van der Waals surface area contributed by atoms with E-state index in [0.29, 0.717) is 4.90 Å². The van der Waals surface area contributed by atoms with Crippen molar-refractivity contribution in [3.8, 4) is 11.1 Å². The maximum atomic E-state index is 12.4. The van der Waals surface area contributed by atoms with Gasteiger partial charge in [0.2, 0.25) is 0 Å². The van der Waals surface area contributed by atoms with Gasteiger partial charge in [-0.2, -0.15) is 0 Å². The van der Waals surface area contributed by atoms with Crippen LogP contribution in [0.25, 0.3) is 11.1 Å². The molecule has 1 aliphatic carbocycles. The Hall–Kier alpha value is -3.61. The number of aliphatic carboxylic acids is 1. The lowest BCUT2D eigenvalue weighted by Gasteiger charge is -2.20. The summed E-state index contributed by atoms with van der Waals surface area (Å²) in [7, 11) is 0. The maximum absolute atomic E-state index is 12.4. The van der Waals surface area contributed by atoms with Gasteiger partial charge in [-0.05, 0) is 22.3 Å². The van der Waals surface area contributed by atoms with Crippen LogP contribution < -0.4 is 0 Å². The van der Waals surface area contributed by atoms with E-state index < -0.39 is 24.7 Å². The lowest BCUT2D eigenvalue weighted by molar-refractivity contribution is -0.137. The minimum atomic E-state index is -1.36. The summed E-state index contributed by atoms with van der Waals surface area (Å²) < 4.78 is 10.1. The quantitative estimate of drug-likeness (QED) is 0.768. The smallest absolute Gasteiger partial charge is 0.420 e. The molecule has 0 saturated carbocycles. The first-order valence-corrected chi connectivity index (χ1v) is 8.65. The van der Waals surface area contributed by atoms with Gasteiger partial charge in [-0.25, -0.2) is 14.5 Å². The normalized spacial score (nSPS) is 11.9. The van der Waals surface area contributed by atoms with Gasteiger partial charge in [0.1, 0.15) is 19.8 Å². The van der Waals surface area contributed by atoms with Gasteiger partial charge in [0.05, 0.1) is 0 Å². The number of hydrogen-bond donors (Lipinski definition) is 1. The highest BCUT2D eigenvalue weighted by Crippen LogP contribution is 2.44. The summed E-state index contributed by atoms with van der Waals surface area (Å²) in [4.78, 5) is 35.8. The number of carbonyl (C=O) groups excluding carboxylic acids is 2. The Morgan fingerprint density at radius 3 is 2.04 bits per heavy atom. The van der Waals surface area contributed by atoms with E-state index in [0.717, 1.165) is 22.3 Å². The highest BCUT2D eigenvalue weighted by atomic mass is 16.6. The number of imide groups is 1. The summed E-state index contributed by atoms with van der Waals surface area (Å²) in [5.74, 6) is -1.56. The molecule has 0 bridgehead atoms. The summed E-state index contributed by atoms with van der Waals surface area (Å²) in [6.07, 6.45) is -0.855. The number of rotatable bonds is 6. The topological polar surface area (TPSA) is 93.1 Å². The molecule has 0 radical (unpaired) electrons. The Morgan fingerprint density at radius 1 is 0.964 bits per heavy atom. The molecule has 28 heavy (non-hydrogen) atoms. The molecule has 0 saturated heterocycles. The molecule has 2 aromatic rings. The minimum Gasteiger partial charge on any atom is -0.480 e. The molecule has 0 spiro atoms. The number of carbonyl (C=O) groups is 3. The summed E-state index contributed by atoms with van der Waals surface area (Å²) in [6, 6.07) is 15.6. The number of amides is 2. The van der Waals surface area contributed by atoms with Crippen molar-refractivity contribution < 1.29 is 29.0 Å². The van der Waals surface area contributed by atoms with Crippen LogP contribution in [-0.4, -0.2) is 47.9 Å². The number of benzene rings is 2. The molecule has 0 heterocycles. The van der Waals surface area contributed by atoms with Crippen LogP contribution in [0.5, 0.6) is 0 Å². The van der Waals surface area contributed by atoms with Gasteiger partial charge >= 0.3 is 18.2 Å². The van der Waals surface area contributed by atoms with Crippen molar-refractivity contribution in [2.24, 2.45) is 0 Å². The van der Waals surface area contributed by atoms with E-state index in [4.69, 9.17) is 14.6 Å². The number of nitrogens with zero attached hydrogens (tertiary/aromatic N) is 1. The molecule has 1 N–H and O–H groups in total. The van der Waals surface area contributed by atoms with E-state index >= 15 is 0 Å². The van der Waals surface area contributed by atoms with Crippen LogP contribution >= 0.6 is 0 Å². The number of hydrogen-bond acceptors (Lipinski definition) is 5. The monoisotopic (exact) mass is 381 g/mol. The lowest BCUT2D eigenvalue weighted by atomic mass is 9.98. The Morgan fingerprint density at radius 2 is 1.50 bits per heavy atom. The Bertz CT molecular complexity index is 877. The van der Waals surface area contributed by atoms with Crippen molar-refractivity contribution in [2.45, 2.75) is 5.92 Å². The fraction of sp³-hybridized carbons (Fsp3) is 0.190. The summed E-state index contributed by atoms with van der Waals surface area (Å²) in [6.45, 7) is 2.37. The fourth-order valence-corrected chi connectivity index (χ4v) is 3.22. The highest BCUT2D eigenvalue weighted by molar-refractivity contribution is 5.91. The van der Waals surface area contributed by atoms with E-state index in [1.807, 2.05) is 48.5 Å². The SMILES string of the molecule is C=CCOC(=O)N(CC(=O)O)C(=O)OCC1c2ccccc2-c2ccccc21. The molecule has 0 unspecified atom stereocenters. The van der Waals surface area contributed by atoms with E-state index in [-0.39, 0.29) is 19.1 Å². The predicted molar refractivity (Wildman–Crippen MR) is 101 cm³/mol. The summed E-state index contributed by atoms with van der Waals surface area (Å²) in [5.41, 5.74) is 4.14. The van der Waals surface area contributed by atoms with E-state index in [2.05, 4.69) is 6.58 Å². The van der Waals surface area contributed by atoms with E-state index in [9.17, 15) is 14.4 Å². The van der Waals surface area contributed by atoms with Crippen LogP contribution in [0.4, 0.5) is 9.59 Å². The van der Waals surface area contributed by atoms with Crippen LogP contribution in [0.1, 0.15) is 17.0 Å². The third kappa shape index (κ3) is 3.88. The molecule has 0 atom stereocenters. The summed E-state index contributed by atoms with van der Waals surface area (Å²) >= 11 is 0. The number of carboxylic acid groups (broad SMARTS) is 1. The molecule has 0 aliphatic heterocycles. The first kappa shape index (κ1) is 19.2. The molecule has 1 aliphatic rings. The van der Waals surface area contributed by atoms with Crippen molar-refractivity contribution in [1.29, 1.82) is 0 Å². The highest BCUT2D eigenvalue weighted by Gasteiger charge is 2.32. The van der Waals surface area contributed by atoms with Gasteiger partial charge in [-0.3, -0.25) is 4.79 Å². The Labute approximate surface area is 161 Å². The second kappa shape index (κ2) is 8.39. The van der Waals surface area contributed by atoms with Crippen molar-refractivity contribution in [3.05, 3.63) is 72.3 Å². The van der Waals surface area contributed by atoms with Crippen LogP contribution in [-0.2, 0) is 14.3 Å². The molecule has 2 aromatic carbocycles. The number of carboxylic acids is 1. The zero-order valence-corrected chi connectivity index (χ0v) is 15.0. The van der Waals surface area contributed by atoms with Gasteiger partial charge in [0, 0.05) is 5.92 Å². The van der Waals surface area contributed by atoms with Crippen molar-refractivity contribution in [1.82, 2.24) is 4.90 Å². The van der Waals surface area contributed by atoms with Gasteiger partial charge in [-0.1, -0.05) is 61.2 Å². The average molecular weight is 381 g/mol. The second-order valence-corrected chi connectivity index (χ2v) is 6.15. The predicted octanol–water partition coefficient (Wildman–Crippen LogP) is 3.64. The third-order valence-electron chi connectivity index (χ3n) is 4.39. The summed E-state index contributed by atoms with van der Waals surface area (Å²) in [5, 5.41) is 8.97. The zero-order valence-electron chi connectivity index (χ0n) is 15.0. The Balaban J connectivity index is 1.76. The maximum Gasteiger partial charge on any atom is 0.420 e. The van der Waals surface area contributed by atoms with Gasteiger partial charge in [0.15, 0.2) is 0 Å². The van der Waals surface area contributed by atoms with Crippen LogP contribution in [0.2, 0.25) is 0 Å². The van der Waals surface area contributed by atoms with Crippen molar-refractivity contribution >= 4 is 18.2 Å². The largest absolute Gasteiger partial charge is 0.480 e. The van der Waals surface area contributed by atoms with Crippen molar-refractivity contribution in [3.63, 3.8) is 0 Å². The van der Waals surface area contributed by atoms with E-state index in [1.54, 1.807) is 0 Å².